The van der Waals surface area contributed by atoms with E-state index in [1.54, 1.807) is 48.5 Å². The standard InChI is InChI=1S/C27H25FN2O4S/c1-33-25-16-19(6-11-24(25)34-15-14-29-12-2-3-13-29)30-26(31)22-10-9-21(17-23(22)27(30)32)35-20-7-4-18(28)5-8-20/h4-11,16-17H,2-3,12-15H2,1H3. The number of fused-ring (bicyclic) bond motifs is 1. The van der Waals surface area contributed by atoms with Crippen LogP contribution in [0.2, 0.25) is 0 Å². The molecule has 0 N–H and O–H groups in total. The van der Waals surface area contributed by atoms with E-state index in [4.69, 9.17) is 9.47 Å². The van der Waals surface area contributed by atoms with Crippen molar-refractivity contribution >= 4 is 29.3 Å². The van der Waals surface area contributed by atoms with E-state index in [-0.39, 0.29) is 11.7 Å². The number of carbonyl (C=O) groups is 2. The van der Waals surface area contributed by atoms with Gasteiger partial charge in [-0.2, -0.15) is 0 Å². The molecule has 3 aromatic carbocycles. The van der Waals surface area contributed by atoms with Gasteiger partial charge in [0, 0.05) is 22.4 Å². The van der Waals surface area contributed by atoms with Gasteiger partial charge in [-0.05, 0) is 80.5 Å². The van der Waals surface area contributed by atoms with Crippen LogP contribution < -0.4 is 14.4 Å². The Balaban J connectivity index is 1.32. The van der Waals surface area contributed by atoms with Crippen LogP contribution in [0, 0.1) is 5.82 Å². The van der Waals surface area contributed by atoms with Crippen LogP contribution in [0.3, 0.4) is 0 Å². The monoisotopic (exact) mass is 492 g/mol. The number of halogens is 1. The van der Waals surface area contributed by atoms with E-state index < -0.39 is 5.91 Å². The number of amides is 2. The van der Waals surface area contributed by atoms with E-state index in [0.29, 0.717) is 34.9 Å². The van der Waals surface area contributed by atoms with E-state index in [0.717, 1.165) is 34.3 Å². The summed E-state index contributed by atoms with van der Waals surface area (Å²) in [6, 6.07) is 16.4. The molecule has 0 saturated carbocycles. The molecule has 0 unspecified atom stereocenters. The second-order valence-electron chi connectivity index (χ2n) is 8.44. The van der Waals surface area contributed by atoms with Gasteiger partial charge in [-0.3, -0.25) is 14.5 Å². The summed E-state index contributed by atoms with van der Waals surface area (Å²) in [5.74, 6) is -0.0411. The number of hydrogen-bond donors (Lipinski definition) is 0. The van der Waals surface area contributed by atoms with Crippen molar-refractivity contribution < 1.29 is 23.5 Å². The summed E-state index contributed by atoms with van der Waals surface area (Å²) in [5.41, 5.74) is 1.11. The van der Waals surface area contributed by atoms with Crippen molar-refractivity contribution in [2.75, 3.05) is 38.3 Å². The lowest BCUT2D eigenvalue weighted by Gasteiger charge is -2.18. The lowest BCUT2D eigenvalue weighted by atomic mass is 10.1. The van der Waals surface area contributed by atoms with Gasteiger partial charge in [0.25, 0.3) is 11.8 Å². The lowest BCUT2D eigenvalue weighted by molar-refractivity contribution is 0.0926. The highest BCUT2D eigenvalue weighted by Crippen LogP contribution is 2.37. The van der Waals surface area contributed by atoms with Gasteiger partial charge in [0.05, 0.1) is 23.9 Å². The number of methoxy groups -OCH3 is 1. The van der Waals surface area contributed by atoms with Crippen LogP contribution in [-0.4, -0.2) is 50.1 Å². The number of nitrogens with zero attached hydrogens (tertiary/aromatic N) is 2. The van der Waals surface area contributed by atoms with E-state index >= 15 is 0 Å². The van der Waals surface area contributed by atoms with Gasteiger partial charge < -0.3 is 9.47 Å². The largest absolute Gasteiger partial charge is 0.493 e. The van der Waals surface area contributed by atoms with Crippen LogP contribution >= 0.6 is 11.8 Å². The van der Waals surface area contributed by atoms with Crippen molar-refractivity contribution in [2.24, 2.45) is 0 Å². The first-order valence-electron chi connectivity index (χ1n) is 11.5. The van der Waals surface area contributed by atoms with Gasteiger partial charge in [-0.1, -0.05) is 11.8 Å². The molecule has 0 atom stereocenters. The first-order valence-corrected chi connectivity index (χ1v) is 12.3. The molecule has 5 rings (SSSR count). The molecule has 0 spiro atoms. The van der Waals surface area contributed by atoms with Crippen molar-refractivity contribution in [3.63, 3.8) is 0 Å². The number of benzene rings is 3. The molecule has 8 heteroatoms. The van der Waals surface area contributed by atoms with Crippen molar-refractivity contribution in [1.82, 2.24) is 4.90 Å². The number of anilines is 1. The third-order valence-electron chi connectivity index (χ3n) is 6.18. The highest BCUT2D eigenvalue weighted by atomic mass is 32.2. The molecule has 1 saturated heterocycles. The van der Waals surface area contributed by atoms with Gasteiger partial charge in [0.2, 0.25) is 0 Å². The molecule has 3 aromatic rings. The van der Waals surface area contributed by atoms with Crippen molar-refractivity contribution in [3.05, 3.63) is 77.6 Å². The highest BCUT2D eigenvalue weighted by molar-refractivity contribution is 7.99. The molecule has 1 fully saturated rings. The Hall–Kier alpha value is -3.36. The maximum atomic E-state index is 13.2. The quantitative estimate of drug-likeness (QED) is 0.400. The second-order valence-corrected chi connectivity index (χ2v) is 9.59. The highest BCUT2D eigenvalue weighted by Gasteiger charge is 2.37. The fraction of sp³-hybridized carbons (Fsp3) is 0.259. The van der Waals surface area contributed by atoms with Gasteiger partial charge in [-0.25, -0.2) is 9.29 Å². The van der Waals surface area contributed by atoms with Crippen molar-refractivity contribution in [3.8, 4) is 11.5 Å². The molecule has 2 aliphatic heterocycles. The van der Waals surface area contributed by atoms with E-state index in [2.05, 4.69) is 4.90 Å². The molecule has 35 heavy (non-hydrogen) atoms. The van der Waals surface area contributed by atoms with Crippen LogP contribution in [0.15, 0.2) is 70.5 Å². The Labute approximate surface area is 207 Å². The Bertz CT molecular complexity index is 1260. The van der Waals surface area contributed by atoms with Crippen LogP contribution in [-0.2, 0) is 0 Å². The maximum Gasteiger partial charge on any atom is 0.266 e. The zero-order valence-electron chi connectivity index (χ0n) is 19.3. The Kier molecular flexibility index (Phi) is 6.74. The second kappa shape index (κ2) is 10.1. The lowest BCUT2D eigenvalue weighted by Crippen LogP contribution is -2.29. The topological polar surface area (TPSA) is 59.1 Å². The average Bonchev–Trinajstić information content (AvgIpc) is 3.47. The van der Waals surface area contributed by atoms with Crippen LogP contribution in [0.5, 0.6) is 11.5 Å². The van der Waals surface area contributed by atoms with Crippen molar-refractivity contribution in [1.29, 1.82) is 0 Å². The molecule has 0 aromatic heterocycles. The van der Waals surface area contributed by atoms with Crippen LogP contribution in [0.1, 0.15) is 33.6 Å². The Morgan fingerprint density at radius 3 is 2.31 bits per heavy atom. The molecule has 0 aliphatic carbocycles. The molecule has 2 heterocycles. The third kappa shape index (κ3) is 4.90. The van der Waals surface area contributed by atoms with E-state index in [1.807, 2.05) is 0 Å². The van der Waals surface area contributed by atoms with Gasteiger partial charge in [-0.15, -0.1) is 0 Å². The number of hydrogen-bond acceptors (Lipinski definition) is 6. The number of likely N-dealkylation sites (tertiary alicyclic amines) is 1. The van der Waals surface area contributed by atoms with E-state index in [9.17, 15) is 14.0 Å². The summed E-state index contributed by atoms with van der Waals surface area (Å²) >= 11 is 1.40. The minimum atomic E-state index is -0.392. The summed E-state index contributed by atoms with van der Waals surface area (Å²) in [6.45, 7) is 3.59. The Morgan fingerprint density at radius 1 is 0.857 bits per heavy atom. The molecule has 0 bridgehead atoms. The summed E-state index contributed by atoms with van der Waals surface area (Å²) in [6.07, 6.45) is 2.45. The van der Waals surface area contributed by atoms with Gasteiger partial charge >= 0.3 is 0 Å². The molecule has 180 valence electrons. The zero-order chi connectivity index (χ0) is 24.4. The Morgan fingerprint density at radius 2 is 1.57 bits per heavy atom. The SMILES string of the molecule is COc1cc(N2C(=O)c3ccc(Sc4ccc(F)cc4)cc3C2=O)ccc1OCCN1CCCC1. The number of imide groups is 1. The first kappa shape index (κ1) is 23.4. The maximum absolute atomic E-state index is 13.2. The number of carbonyl (C=O) groups excluding carboxylic acids is 2. The predicted molar refractivity (Wildman–Crippen MR) is 132 cm³/mol. The summed E-state index contributed by atoms with van der Waals surface area (Å²) in [7, 11) is 1.54. The molecule has 0 radical (unpaired) electrons. The number of rotatable bonds is 8. The molecule has 2 aliphatic rings. The molecule has 6 nitrogen and oxygen atoms in total. The summed E-state index contributed by atoms with van der Waals surface area (Å²) < 4.78 is 24.6. The predicted octanol–water partition coefficient (Wildman–Crippen LogP) is 5.26. The average molecular weight is 493 g/mol. The van der Waals surface area contributed by atoms with Crippen LogP contribution in [0.25, 0.3) is 0 Å². The fourth-order valence-electron chi connectivity index (χ4n) is 4.36. The zero-order valence-corrected chi connectivity index (χ0v) is 20.1. The summed E-state index contributed by atoms with van der Waals surface area (Å²) in [5, 5.41) is 0. The molecule has 2 amide bonds. The smallest absolute Gasteiger partial charge is 0.266 e. The number of ether oxygens (including phenoxy) is 2. The third-order valence-corrected chi connectivity index (χ3v) is 7.17. The first-order chi connectivity index (χ1) is 17.0. The van der Waals surface area contributed by atoms with E-state index in [1.165, 1.54) is 43.8 Å². The molecular weight excluding hydrogens is 467 g/mol. The van der Waals surface area contributed by atoms with Gasteiger partial charge in [0.1, 0.15) is 12.4 Å². The minimum Gasteiger partial charge on any atom is -0.493 e. The fourth-order valence-corrected chi connectivity index (χ4v) is 5.22. The molecular formula is C27H25FN2O4S. The van der Waals surface area contributed by atoms with Crippen molar-refractivity contribution in [2.45, 2.75) is 22.6 Å². The minimum absolute atomic E-state index is 0.307. The van der Waals surface area contributed by atoms with Gasteiger partial charge in [0.15, 0.2) is 11.5 Å². The normalized spacial score (nSPS) is 15.5. The van der Waals surface area contributed by atoms with Crippen LogP contribution in [0.4, 0.5) is 10.1 Å². The summed E-state index contributed by atoms with van der Waals surface area (Å²) in [4.78, 5) is 31.5.